The minimum Gasteiger partial charge on any atom is -0.491 e. The highest BCUT2D eigenvalue weighted by molar-refractivity contribution is 5.87. The van der Waals surface area contributed by atoms with E-state index in [9.17, 15) is 4.79 Å². The maximum Gasteiger partial charge on any atom is 0.333 e. The molecule has 0 aromatic heterocycles. The Hall–Kier alpha value is -2.59. The van der Waals surface area contributed by atoms with Crippen LogP contribution in [0, 0.1) is 5.92 Å². The van der Waals surface area contributed by atoms with Crippen molar-refractivity contribution in [3.8, 4) is 16.9 Å². The van der Waals surface area contributed by atoms with Crippen molar-refractivity contribution in [3.63, 3.8) is 0 Å². The summed E-state index contributed by atoms with van der Waals surface area (Å²) in [5.41, 5.74) is 4.74. The zero-order valence-electron chi connectivity index (χ0n) is 20.9. The predicted molar refractivity (Wildman–Crippen MR) is 138 cm³/mol. The third kappa shape index (κ3) is 7.46. The summed E-state index contributed by atoms with van der Waals surface area (Å²) in [5, 5.41) is 9.12. The van der Waals surface area contributed by atoms with Crippen LogP contribution in [-0.2, 0) is 16.1 Å². The zero-order valence-corrected chi connectivity index (χ0v) is 20.9. The van der Waals surface area contributed by atoms with Crippen molar-refractivity contribution in [2.24, 2.45) is 5.92 Å². The molecule has 34 heavy (non-hydrogen) atoms. The number of aliphatic hydroxyl groups is 1. The Morgan fingerprint density at radius 2 is 1.74 bits per heavy atom. The van der Waals surface area contributed by atoms with Gasteiger partial charge in [-0.3, -0.25) is 0 Å². The second-order valence-electron chi connectivity index (χ2n) is 9.59. The quantitative estimate of drug-likeness (QED) is 0.205. The third-order valence-corrected chi connectivity index (χ3v) is 6.89. The Morgan fingerprint density at radius 1 is 1.03 bits per heavy atom. The van der Waals surface area contributed by atoms with Crippen LogP contribution in [0.15, 0.2) is 54.6 Å². The summed E-state index contributed by atoms with van der Waals surface area (Å²) in [6.45, 7) is 7.75. The summed E-state index contributed by atoms with van der Waals surface area (Å²) in [6, 6.07) is 14.8. The van der Waals surface area contributed by atoms with Gasteiger partial charge in [-0.05, 0) is 73.3 Å². The van der Waals surface area contributed by atoms with Crippen molar-refractivity contribution >= 4 is 5.97 Å². The summed E-state index contributed by atoms with van der Waals surface area (Å²) < 4.78 is 11.0. The number of unbranched alkanes of at least 4 members (excludes halogenated alkanes) is 2. The van der Waals surface area contributed by atoms with Crippen molar-refractivity contribution in [2.75, 3.05) is 13.2 Å². The van der Waals surface area contributed by atoms with Gasteiger partial charge in [-0.25, -0.2) is 4.79 Å². The monoisotopic (exact) mass is 464 g/mol. The Balaban J connectivity index is 1.66. The zero-order chi connectivity index (χ0) is 24.3. The van der Waals surface area contributed by atoms with Crippen LogP contribution >= 0.6 is 0 Å². The van der Waals surface area contributed by atoms with Gasteiger partial charge in [0.1, 0.15) is 19.0 Å². The van der Waals surface area contributed by atoms with E-state index in [1.54, 1.807) is 6.92 Å². The van der Waals surface area contributed by atoms with E-state index in [2.05, 4.69) is 37.8 Å². The molecule has 1 N–H and O–H groups in total. The van der Waals surface area contributed by atoms with Crippen molar-refractivity contribution < 1.29 is 19.4 Å². The Labute approximate surface area is 205 Å². The van der Waals surface area contributed by atoms with Crippen LogP contribution in [0.4, 0.5) is 0 Å². The fourth-order valence-electron chi connectivity index (χ4n) is 4.85. The van der Waals surface area contributed by atoms with Crippen LogP contribution in [-0.4, -0.2) is 24.3 Å². The second kappa shape index (κ2) is 13.3. The lowest BCUT2D eigenvalue weighted by Crippen LogP contribution is -2.13. The van der Waals surface area contributed by atoms with Gasteiger partial charge in [-0.15, -0.1) is 0 Å². The van der Waals surface area contributed by atoms with Gasteiger partial charge >= 0.3 is 5.97 Å². The first-order chi connectivity index (χ1) is 16.5. The SMILES string of the molecule is C=C(C)C(=O)OCc1cc(-c2ccc(C3CCC(CCCCC)CC3)cc2)ccc1OCCO. The summed E-state index contributed by atoms with van der Waals surface area (Å²) >= 11 is 0. The molecule has 0 aliphatic heterocycles. The molecule has 184 valence electrons. The molecule has 3 rings (SSSR count). The number of rotatable bonds is 12. The van der Waals surface area contributed by atoms with Gasteiger partial charge in [0.25, 0.3) is 0 Å². The molecule has 1 aliphatic rings. The molecule has 0 unspecified atom stereocenters. The summed E-state index contributed by atoms with van der Waals surface area (Å²) in [7, 11) is 0. The highest BCUT2D eigenvalue weighted by Gasteiger charge is 2.22. The van der Waals surface area contributed by atoms with Crippen LogP contribution in [0.3, 0.4) is 0 Å². The molecule has 0 amide bonds. The van der Waals surface area contributed by atoms with Crippen LogP contribution in [0.5, 0.6) is 5.75 Å². The average molecular weight is 465 g/mol. The van der Waals surface area contributed by atoms with Crippen LogP contribution in [0.1, 0.15) is 82.3 Å². The standard InChI is InChI=1S/C30H40O4/c1-4-5-6-7-23-8-10-24(11-9-23)25-12-14-26(15-13-25)27-16-17-29(33-19-18-31)28(20-27)21-34-30(32)22(2)3/h12-17,20,23-24,31H,2,4-11,18-19,21H2,1,3H3. The third-order valence-electron chi connectivity index (χ3n) is 6.89. The molecule has 2 aromatic rings. The molecular formula is C30H40O4. The fourth-order valence-corrected chi connectivity index (χ4v) is 4.85. The van der Waals surface area contributed by atoms with E-state index in [0.717, 1.165) is 22.6 Å². The highest BCUT2D eigenvalue weighted by Crippen LogP contribution is 2.38. The first-order valence-corrected chi connectivity index (χ1v) is 12.8. The van der Waals surface area contributed by atoms with E-state index < -0.39 is 5.97 Å². The van der Waals surface area contributed by atoms with Crippen LogP contribution < -0.4 is 4.74 Å². The Morgan fingerprint density at radius 3 is 2.38 bits per heavy atom. The van der Waals surface area contributed by atoms with E-state index in [1.165, 1.54) is 56.9 Å². The van der Waals surface area contributed by atoms with Crippen molar-refractivity contribution in [1.29, 1.82) is 0 Å². The lowest BCUT2D eigenvalue weighted by molar-refractivity contribution is -0.140. The molecule has 0 radical (unpaired) electrons. The van der Waals surface area contributed by atoms with Gasteiger partial charge in [-0.2, -0.15) is 0 Å². The minimum atomic E-state index is -0.428. The lowest BCUT2D eigenvalue weighted by atomic mass is 9.77. The van der Waals surface area contributed by atoms with Crippen molar-refractivity contribution in [3.05, 3.63) is 65.7 Å². The van der Waals surface area contributed by atoms with Gasteiger partial charge in [0.05, 0.1) is 6.61 Å². The molecule has 1 fully saturated rings. The number of benzene rings is 2. The summed E-state index contributed by atoms with van der Waals surface area (Å²) in [6.07, 6.45) is 10.8. The average Bonchev–Trinajstić information content (AvgIpc) is 2.87. The lowest BCUT2D eigenvalue weighted by Gasteiger charge is -2.29. The summed E-state index contributed by atoms with van der Waals surface area (Å²) in [5.74, 6) is 1.77. The van der Waals surface area contributed by atoms with Gasteiger partial charge < -0.3 is 14.6 Å². The molecule has 2 aromatic carbocycles. The van der Waals surface area contributed by atoms with E-state index in [1.807, 2.05) is 18.2 Å². The highest BCUT2D eigenvalue weighted by atomic mass is 16.5. The van der Waals surface area contributed by atoms with E-state index >= 15 is 0 Å². The summed E-state index contributed by atoms with van der Waals surface area (Å²) in [4.78, 5) is 11.9. The van der Waals surface area contributed by atoms with Gasteiger partial charge in [0, 0.05) is 11.1 Å². The smallest absolute Gasteiger partial charge is 0.333 e. The van der Waals surface area contributed by atoms with Gasteiger partial charge in [0.15, 0.2) is 0 Å². The Kier molecular flexibility index (Phi) is 10.2. The number of ether oxygens (including phenoxy) is 2. The number of hydrogen-bond acceptors (Lipinski definition) is 4. The van der Waals surface area contributed by atoms with E-state index in [-0.39, 0.29) is 19.8 Å². The van der Waals surface area contributed by atoms with Gasteiger partial charge in [0.2, 0.25) is 0 Å². The molecule has 0 saturated heterocycles. The normalized spacial score (nSPS) is 17.9. The first-order valence-electron chi connectivity index (χ1n) is 12.8. The van der Waals surface area contributed by atoms with E-state index in [4.69, 9.17) is 14.6 Å². The van der Waals surface area contributed by atoms with E-state index in [0.29, 0.717) is 17.2 Å². The number of carbonyl (C=O) groups excluding carboxylic acids is 1. The van der Waals surface area contributed by atoms with Gasteiger partial charge in [-0.1, -0.05) is 69.5 Å². The van der Waals surface area contributed by atoms with Crippen LogP contribution in [0.25, 0.3) is 11.1 Å². The molecular weight excluding hydrogens is 424 g/mol. The fraction of sp³-hybridized carbons (Fsp3) is 0.500. The molecule has 4 heteroatoms. The number of aliphatic hydroxyl groups excluding tert-OH is 1. The van der Waals surface area contributed by atoms with Crippen molar-refractivity contribution in [1.82, 2.24) is 0 Å². The topological polar surface area (TPSA) is 55.8 Å². The second-order valence-corrected chi connectivity index (χ2v) is 9.59. The molecule has 0 heterocycles. The molecule has 1 aliphatic carbocycles. The molecule has 1 saturated carbocycles. The Bertz CT molecular complexity index is 923. The molecule has 0 bridgehead atoms. The van der Waals surface area contributed by atoms with Crippen LogP contribution in [0.2, 0.25) is 0 Å². The molecule has 0 spiro atoms. The maximum absolute atomic E-state index is 11.9. The molecule has 4 nitrogen and oxygen atoms in total. The van der Waals surface area contributed by atoms with Crippen molar-refractivity contribution in [2.45, 2.75) is 77.7 Å². The number of hydrogen-bond donors (Lipinski definition) is 1. The first kappa shape index (κ1) is 26.0. The maximum atomic E-state index is 11.9. The number of esters is 1. The molecule has 0 atom stereocenters. The number of carbonyl (C=O) groups is 1. The largest absolute Gasteiger partial charge is 0.491 e. The minimum absolute atomic E-state index is 0.0745. The predicted octanol–water partition coefficient (Wildman–Crippen LogP) is 7.20.